The summed E-state index contributed by atoms with van der Waals surface area (Å²) in [5.41, 5.74) is 1.84. The zero-order valence-electron chi connectivity index (χ0n) is 10.0. The number of hydrogen-bond donors (Lipinski definition) is 0. The molecule has 0 amide bonds. The Labute approximate surface area is 111 Å². The molecule has 0 aliphatic rings. The minimum atomic E-state index is 0.641. The zero-order chi connectivity index (χ0) is 13.0. The maximum absolute atomic E-state index is 8.72. The van der Waals surface area contributed by atoms with Crippen LogP contribution in [0.15, 0.2) is 36.7 Å². The van der Waals surface area contributed by atoms with Crippen molar-refractivity contribution >= 4 is 11.6 Å². The molecular formula is C13H13ClN4. The van der Waals surface area contributed by atoms with E-state index in [1.165, 1.54) is 0 Å². The largest absolute Gasteiger partial charge is 0.283 e. The highest BCUT2D eigenvalue weighted by molar-refractivity contribution is 6.30. The number of halogens is 1. The quantitative estimate of drug-likeness (QED) is 0.848. The van der Waals surface area contributed by atoms with Crippen LogP contribution < -0.4 is 0 Å². The molecule has 5 heteroatoms. The third kappa shape index (κ3) is 3.33. The molecule has 1 aromatic heterocycles. The van der Waals surface area contributed by atoms with Gasteiger partial charge in [-0.3, -0.25) is 9.58 Å². The average molecular weight is 261 g/mol. The molecule has 18 heavy (non-hydrogen) atoms. The molecule has 0 spiro atoms. The van der Waals surface area contributed by atoms with Crippen LogP contribution in [0.3, 0.4) is 0 Å². The lowest BCUT2D eigenvalue weighted by molar-refractivity contribution is 0.246. The maximum atomic E-state index is 8.72. The fraction of sp³-hybridized carbons (Fsp3) is 0.231. The molecule has 0 saturated heterocycles. The topological polar surface area (TPSA) is 44.9 Å². The van der Waals surface area contributed by atoms with Gasteiger partial charge < -0.3 is 0 Å². The third-order valence-corrected chi connectivity index (χ3v) is 2.72. The Balaban J connectivity index is 1.94. The summed E-state index contributed by atoms with van der Waals surface area (Å²) in [6.07, 6.45) is 3.41. The van der Waals surface area contributed by atoms with Crippen molar-refractivity contribution in [2.45, 2.75) is 13.2 Å². The van der Waals surface area contributed by atoms with E-state index >= 15 is 0 Å². The number of benzene rings is 1. The van der Waals surface area contributed by atoms with Crippen molar-refractivity contribution in [3.8, 4) is 6.07 Å². The fourth-order valence-corrected chi connectivity index (χ4v) is 1.87. The molecule has 0 radical (unpaired) electrons. The van der Waals surface area contributed by atoms with E-state index in [0.29, 0.717) is 17.3 Å². The van der Waals surface area contributed by atoms with Crippen molar-refractivity contribution in [3.63, 3.8) is 0 Å². The van der Waals surface area contributed by atoms with E-state index in [4.69, 9.17) is 16.9 Å². The predicted octanol–water partition coefficient (Wildman–Crippen LogP) is 2.50. The van der Waals surface area contributed by atoms with Gasteiger partial charge in [-0.1, -0.05) is 23.7 Å². The third-order valence-electron chi connectivity index (χ3n) is 2.52. The second-order valence-electron chi connectivity index (χ2n) is 4.16. The Bertz CT molecular complexity index is 553. The molecule has 92 valence electrons. The van der Waals surface area contributed by atoms with E-state index in [0.717, 1.165) is 12.1 Å². The van der Waals surface area contributed by atoms with E-state index in [2.05, 4.69) is 16.1 Å². The lowest BCUT2D eigenvalue weighted by atomic mass is 10.1. The van der Waals surface area contributed by atoms with Crippen molar-refractivity contribution < 1.29 is 0 Å². The summed E-state index contributed by atoms with van der Waals surface area (Å²) in [4.78, 5) is 2.12. The summed E-state index contributed by atoms with van der Waals surface area (Å²) in [6.45, 7) is 1.47. The molecule has 0 N–H and O–H groups in total. The first-order valence-electron chi connectivity index (χ1n) is 5.53. The summed E-state index contributed by atoms with van der Waals surface area (Å²) in [7, 11) is 2.01. The second-order valence-corrected chi connectivity index (χ2v) is 4.60. The van der Waals surface area contributed by atoms with Crippen molar-refractivity contribution in [1.29, 1.82) is 5.26 Å². The molecule has 0 atom stereocenters. The molecule has 0 saturated carbocycles. The highest BCUT2D eigenvalue weighted by Gasteiger charge is 2.02. The SMILES string of the molecule is CN(Cc1ccc(C#N)cc1)Cn1cc(Cl)cn1. The Morgan fingerprint density at radius 1 is 1.39 bits per heavy atom. The number of nitriles is 1. The highest BCUT2D eigenvalue weighted by Crippen LogP contribution is 2.08. The minimum Gasteiger partial charge on any atom is -0.283 e. The lowest BCUT2D eigenvalue weighted by Gasteiger charge is -2.16. The van der Waals surface area contributed by atoms with E-state index < -0.39 is 0 Å². The minimum absolute atomic E-state index is 0.641. The molecule has 0 aliphatic heterocycles. The van der Waals surface area contributed by atoms with Crippen LogP contribution in [-0.2, 0) is 13.2 Å². The molecular weight excluding hydrogens is 248 g/mol. The molecule has 1 aromatic carbocycles. The molecule has 0 bridgehead atoms. The van der Waals surface area contributed by atoms with Crippen LogP contribution in [0.4, 0.5) is 0 Å². The van der Waals surface area contributed by atoms with Crippen LogP contribution >= 0.6 is 11.6 Å². The van der Waals surface area contributed by atoms with Gasteiger partial charge in [0.2, 0.25) is 0 Å². The molecule has 2 aromatic rings. The van der Waals surface area contributed by atoms with Gasteiger partial charge in [0.15, 0.2) is 0 Å². The van der Waals surface area contributed by atoms with Gasteiger partial charge in [-0.05, 0) is 24.7 Å². The van der Waals surface area contributed by atoms with Gasteiger partial charge in [0.25, 0.3) is 0 Å². The van der Waals surface area contributed by atoms with Crippen molar-refractivity contribution in [1.82, 2.24) is 14.7 Å². The van der Waals surface area contributed by atoms with E-state index in [1.54, 1.807) is 17.1 Å². The first-order valence-corrected chi connectivity index (χ1v) is 5.91. The summed E-state index contributed by atoms with van der Waals surface area (Å²) >= 11 is 5.80. The lowest BCUT2D eigenvalue weighted by Crippen LogP contribution is -2.21. The Kier molecular flexibility index (Phi) is 3.98. The van der Waals surface area contributed by atoms with Gasteiger partial charge in [0, 0.05) is 12.7 Å². The van der Waals surface area contributed by atoms with Gasteiger partial charge in [0.1, 0.15) is 0 Å². The smallest absolute Gasteiger partial charge is 0.0991 e. The van der Waals surface area contributed by atoms with Gasteiger partial charge in [0.05, 0.1) is 29.5 Å². The Morgan fingerprint density at radius 3 is 2.67 bits per heavy atom. The first kappa shape index (κ1) is 12.6. The number of aromatic nitrogens is 2. The van der Waals surface area contributed by atoms with Crippen LogP contribution in [0, 0.1) is 11.3 Å². The van der Waals surface area contributed by atoms with Crippen LogP contribution in [0.1, 0.15) is 11.1 Å². The molecule has 1 heterocycles. The second kappa shape index (κ2) is 5.67. The predicted molar refractivity (Wildman–Crippen MR) is 69.9 cm³/mol. The molecule has 0 unspecified atom stereocenters. The fourth-order valence-electron chi connectivity index (χ4n) is 1.71. The average Bonchev–Trinajstić information content (AvgIpc) is 2.75. The van der Waals surface area contributed by atoms with E-state index in [9.17, 15) is 0 Å². The Hall–Kier alpha value is -1.83. The van der Waals surface area contributed by atoms with Gasteiger partial charge in [-0.15, -0.1) is 0 Å². The Morgan fingerprint density at radius 2 is 2.11 bits per heavy atom. The van der Waals surface area contributed by atoms with Crippen molar-refractivity contribution in [3.05, 3.63) is 52.8 Å². The number of nitrogens with zero attached hydrogens (tertiary/aromatic N) is 4. The highest BCUT2D eigenvalue weighted by atomic mass is 35.5. The summed E-state index contributed by atoms with van der Waals surface area (Å²) in [6, 6.07) is 9.69. The van der Waals surface area contributed by atoms with Gasteiger partial charge >= 0.3 is 0 Å². The normalized spacial score (nSPS) is 10.6. The monoisotopic (exact) mass is 260 g/mol. The van der Waals surface area contributed by atoms with E-state index in [1.807, 2.05) is 31.3 Å². The molecule has 4 nitrogen and oxygen atoms in total. The van der Waals surface area contributed by atoms with Crippen LogP contribution in [0.25, 0.3) is 0 Å². The summed E-state index contributed by atoms with van der Waals surface area (Å²) in [5, 5.41) is 13.5. The van der Waals surface area contributed by atoms with Gasteiger partial charge in [-0.25, -0.2) is 0 Å². The number of hydrogen-bond acceptors (Lipinski definition) is 3. The summed E-state index contributed by atoms with van der Waals surface area (Å²) in [5.74, 6) is 0. The van der Waals surface area contributed by atoms with E-state index in [-0.39, 0.29) is 0 Å². The van der Waals surface area contributed by atoms with Crippen LogP contribution in [0.5, 0.6) is 0 Å². The standard InChI is InChI=1S/C13H13ClN4/c1-17(10-18-9-13(14)7-16-18)8-12-4-2-11(6-15)3-5-12/h2-5,7,9H,8,10H2,1H3. The van der Waals surface area contributed by atoms with Crippen molar-refractivity contribution in [2.75, 3.05) is 7.05 Å². The zero-order valence-corrected chi connectivity index (χ0v) is 10.8. The summed E-state index contributed by atoms with van der Waals surface area (Å²) < 4.78 is 1.78. The maximum Gasteiger partial charge on any atom is 0.0991 e. The van der Waals surface area contributed by atoms with Crippen LogP contribution in [-0.4, -0.2) is 21.7 Å². The van der Waals surface area contributed by atoms with Gasteiger partial charge in [-0.2, -0.15) is 10.4 Å². The first-order chi connectivity index (χ1) is 8.67. The molecule has 0 aliphatic carbocycles. The molecule has 0 fully saturated rings. The molecule has 2 rings (SSSR count). The number of rotatable bonds is 4. The van der Waals surface area contributed by atoms with Crippen LogP contribution in [0.2, 0.25) is 5.02 Å². The van der Waals surface area contributed by atoms with Crippen molar-refractivity contribution in [2.24, 2.45) is 0 Å².